The lowest BCUT2D eigenvalue weighted by molar-refractivity contribution is -0.144. The number of allylic oxidation sites excluding steroid dienone is 1. The molecule has 81 heavy (non-hydrogen) atoms. The maximum Gasteiger partial charge on any atom is 0.306 e. The number of unbranched alkanes of at least 4 members (excludes halogenated alkanes) is 5. The summed E-state index contributed by atoms with van der Waals surface area (Å²) in [5.41, 5.74) is 1.13. The van der Waals surface area contributed by atoms with E-state index in [0.717, 1.165) is 113 Å². The molecule has 0 saturated heterocycles. The third-order valence-corrected chi connectivity index (χ3v) is 22.2. The molecule has 0 fully saturated rings. The summed E-state index contributed by atoms with van der Waals surface area (Å²) in [6.07, 6.45) is 12.7. The van der Waals surface area contributed by atoms with Crippen molar-refractivity contribution in [2.24, 2.45) is 0 Å². The van der Waals surface area contributed by atoms with E-state index < -0.39 is 0 Å². The first kappa shape index (κ1) is 81.1. The number of carbonyl (C=O) groups excluding carboxylic acids is 4. The first-order valence-electron chi connectivity index (χ1n) is 29.0. The van der Waals surface area contributed by atoms with E-state index >= 15 is 0 Å². The van der Waals surface area contributed by atoms with Crippen LogP contribution in [0.15, 0.2) is 12.2 Å². The first-order valence-corrected chi connectivity index (χ1v) is 37.5. The van der Waals surface area contributed by atoms with Gasteiger partial charge in [-0.15, -0.1) is 6.58 Å². The highest BCUT2D eigenvalue weighted by Crippen LogP contribution is 2.39. The zero-order valence-electron chi connectivity index (χ0n) is 51.4. The highest BCUT2D eigenvalue weighted by Gasteiger charge is 2.24. The summed E-state index contributed by atoms with van der Waals surface area (Å²) in [5, 5.41) is 5.89. The monoisotopic (exact) mass is 1300 g/mol. The molecule has 0 bridgehead atoms. The van der Waals surface area contributed by atoms with E-state index in [-0.39, 0.29) is 68.6 Å². The van der Waals surface area contributed by atoms with Gasteiger partial charge in [0.2, 0.25) is 0 Å². The molecule has 0 rings (SSSR count). The summed E-state index contributed by atoms with van der Waals surface area (Å²) in [5.74, 6) is 4.14. The number of thioether (sulfide) groups is 4. The lowest BCUT2D eigenvalue weighted by atomic mass is 10.1. The Morgan fingerprint density at radius 3 is 1.37 bits per heavy atom. The second-order valence-electron chi connectivity index (χ2n) is 21.5. The van der Waals surface area contributed by atoms with E-state index in [1.807, 2.05) is 28.5 Å². The molecule has 0 spiro atoms. The van der Waals surface area contributed by atoms with Crippen LogP contribution in [0.25, 0.3) is 0 Å². The number of nitrogens with one attached hydrogen (secondary N) is 2. The van der Waals surface area contributed by atoms with E-state index in [1.54, 1.807) is 45.1 Å². The van der Waals surface area contributed by atoms with E-state index in [0.29, 0.717) is 103 Å². The highest BCUT2D eigenvalue weighted by atomic mass is 33.1. The maximum absolute atomic E-state index is 12.3. The molecule has 0 aromatic heterocycles. The third kappa shape index (κ3) is 60.2. The lowest BCUT2D eigenvalue weighted by Gasteiger charge is -2.24. The van der Waals surface area contributed by atoms with Crippen molar-refractivity contribution in [1.82, 2.24) is 10.6 Å². The van der Waals surface area contributed by atoms with Gasteiger partial charge in [0.25, 0.3) is 10.5 Å². The zero-order chi connectivity index (χ0) is 60.2. The van der Waals surface area contributed by atoms with Crippen LogP contribution in [0.5, 0.6) is 0 Å². The van der Waals surface area contributed by atoms with Crippen molar-refractivity contribution in [3.05, 3.63) is 12.2 Å². The van der Waals surface area contributed by atoms with Gasteiger partial charge in [-0.3, -0.25) is 19.2 Å². The van der Waals surface area contributed by atoms with Gasteiger partial charge >= 0.3 is 11.9 Å². The number of rotatable bonds is 59. The average molecular weight is 1300 g/mol. The summed E-state index contributed by atoms with van der Waals surface area (Å²) in [6, 6.07) is 0. The van der Waals surface area contributed by atoms with Crippen LogP contribution in [0, 0.1) is 0 Å². The minimum absolute atomic E-state index is 0.000293. The van der Waals surface area contributed by atoms with Crippen molar-refractivity contribution in [2.45, 2.75) is 185 Å². The molecule has 0 aliphatic carbocycles. The van der Waals surface area contributed by atoms with Crippen molar-refractivity contribution < 1.29 is 66.5 Å². The molecule has 0 unspecified atom stereocenters. The fraction of sp³-hybridized carbons (Fsp3) is 0.895. The predicted octanol–water partition coefficient (Wildman–Crippen LogP) is 14.7. The number of hydrogen-bond donors (Lipinski definition) is 2. The van der Waals surface area contributed by atoms with E-state index in [1.165, 1.54) is 23.5 Å². The zero-order valence-corrected chi connectivity index (χ0v) is 57.9. The Labute approximate surface area is 523 Å². The minimum Gasteiger partial charge on any atom is -0.466 e. The van der Waals surface area contributed by atoms with Gasteiger partial charge in [0.05, 0.1) is 78.9 Å². The van der Waals surface area contributed by atoms with Crippen LogP contribution in [-0.2, 0) is 57.0 Å². The Morgan fingerprint density at radius 1 is 0.432 bits per heavy atom. The van der Waals surface area contributed by atoms with Crippen molar-refractivity contribution in [2.75, 3.05) is 141 Å². The van der Waals surface area contributed by atoms with E-state index in [9.17, 15) is 19.2 Å². The normalized spacial score (nSPS) is 12.2. The van der Waals surface area contributed by atoms with Crippen molar-refractivity contribution >= 4 is 113 Å². The Bertz CT molecular complexity index is 1570. The molecule has 0 aliphatic heterocycles. The molecule has 0 aromatic carbocycles. The number of esters is 2. The maximum atomic E-state index is 12.3. The molecular weight excluding hydrogens is 1190 g/mol. The Morgan fingerprint density at radius 2 is 0.864 bits per heavy atom. The first-order chi connectivity index (χ1) is 38.7. The molecule has 24 heteroatoms. The average Bonchev–Trinajstić information content (AvgIpc) is 3.39. The van der Waals surface area contributed by atoms with Crippen LogP contribution < -0.4 is 10.6 Å². The van der Waals surface area contributed by atoms with Crippen LogP contribution in [0.2, 0.25) is 0 Å². The number of amides is 2. The highest BCUT2D eigenvalue weighted by molar-refractivity contribution is 8.77. The molecule has 0 aromatic rings. The summed E-state index contributed by atoms with van der Waals surface area (Å²) >= 11 is 5.98. The van der Waals surface area contributed by atoms with Crippen molar-refractivity contribution in [3.63, 3.8) is 0 Å². The molecule has 2 amide bonds. The van der Waals surface area contributed by atoms with E-state index in [2.05, 4.69) is 79.5 Å². The van der Waals surface area contributed by atoms with E-state index in [4.69, 9.17) is 47.4 Å². The Balaban J connectivity index is 3.62. The van der Waals surface area contributed by atoms with Crippen LogP contribution in [0.4, 0.5) is 9.59 Å². The van der Waals surface area contributed by atoms with Crippen LogP contribution in [0.3, 0.4) is 0 Å². The lowest BCUT2D eigenvalue weighted by Crippen LogP contribution is -2.27. The fourth-order valence-electron chi connectivity index (χ4n) is 6.31. The van der Waals surface area contributed by atoms with Gasteiger partial charge in [-0.05, 0) is 105 Å². The van der Waals surface area contributed by atoms with Crippen molar-refractivity contribution in [3.8, 4) is 0 Å². The molecule has 0 aliphatic rings. The van der Waals surface area contributed by atoms with Crippen molar-refractivity contribution in [1.29, 1.82) is 0 Å². The summed E-state index contributed by atoms with van der Waals surface area (Å²) in [4.78, 5) is 48.5. The third-order valence-electron chi connectivity index (χ3n) is 11.4. The van der Waals surface area contributed by atoms with Gasteiger partial charge in [-0.25, -0.2) is 0 Å². The number of carbonyl (C=O) groups is 4. The van der Waals surface area contributed by atoms with Gasteiger partial charge in [0.1, 0.15) is 27.2 Å². The molecule has 2 N–H and O–H groups in total. The second kappa shape index (κ2) is 54.3. The predicted molar refractivity (Wildman–Crippen MR) is 352 cm³/mol. The number of hydrogen-bond acceptors (Lipinski definition) is 22. The quantitative estimate of drug-likeness (QED) is 0.0192. The molecular formula is C57H108N2O14S8. The summed E-state index contributed by atoms with van der Waals surface area (Å²) in [6.45, 7) is 33.1. The van der Waals surface area contributed by atoms with Gasteiger partial charge in [-0.1, -0.05) is 120 Å². The number of ether oxygens (including phenoxy) is 10. The molecule has 0 atom stereocenters. The smallest absolute Gasteiger partial charge is 0.306 e. The van der Waals surface area contributed by atoms with Gasteiger partial charge in [0.15, 0.2) is 0 Å². The fourth-order valence-corrected chi connectivity index (χ4v) is 14.4. The summed E-state index contributed by atoms with van der Waals surface area (Å²) < 4.78 is 55.9. The van der Waals surface area contributed by atoms with Gasteiger partial charge in [0, 0.05) is 66.6 Å². The van der Waals surface area contributed by atoms with Crippen LogP contribution >= 0.6 is 90.2 Å². The molecule has 16 nitrogen and oxygen atoms in total. The van der Waals surface area contributed by atoms with Crippen LogP contribution in [-0.4, -0.2) is 182 Å². The molecule has 0 radical (unpaired) electrons. The molecule has 0 heterocycles. The topological polar surface area (TPSA) is 185 Å². The Hall–Kier alpha value is 0.1000. The van der Waals surface area contributed by atoms with Gasteiger partial charge < -0.3 is 58.0 Å². The second-order valence-corrected chi connectivity index (χ2v) is 33.6. The summed E-state index contributed by atoms with van der Waals surface area (Å²) in [7, 11) is 7.22. The largest absolute Gasteiger partial charge is 0.466 e. The minimum atomic E-state index is -0.218. The van der Waals surface area contributed by atoms with Crippen LogP contribution in [0.1, 0.15) is 166 Å². The molecule has 0 saturated carbocycles. The standard InChI is InChI=1S/C57H108N2O14S8/c1-12-13-16-27-58-52(62)75-42-36-69-46-67-34-26-57(10,11)81-77-43-37-70-47-64-31-23-54(4,5)76-40-22-51(61)73-30-18-15-14-17-29-72-50(60)21-39-74-41-35-68-45-66-33-25-56(8,9)80-78-44-38-71-48-65-32-24-55(6,7)79-53(63)59-28-19-20-49(2)3/h2,12-48H2,1,3-11H3,(H,58,62)(H,59,63). The Kier molecular flexibility index (Phi) is 54.3. The van der Waals surface area contributed by atoms with Gasteiger partial charge in [-0.2, -0.15) is 23.5 Å². The molecule has 478 valence electrons. The SMILES string of the molecule is C=C(C)CCCNC(=O)SC(C)(C)CCOCOCCSSC(C)(C)CCOCOCCSCCC(=O)OCCCCCCOC(=O)CCSC(C)(C)CCOCOCCSSC(C)(C)CCOCOCCSC(=O)NCCCCC.